The van der Waals surface area contributed by atoms with Crippen LogP contribution >= 0.6 is 0 Å². The van der Waals surface area contributed by atoms with Gasteiger partial charge >= 0.3 is 0 Å². The van der Waals surface area contributed by atoms with Crippen LogP contribution in [-0.2, 0) is 4.79 Å². The third-order valence-electron chi connectivity index (χ3n) is 7.21. The molecule has 4 heterocycles. The number of likely N-dealkylation sites (tertiary alicyclic amines) is 1. The molecule has 1 aromatic carbocycles. The maximum atomic E-state index is 13.0. The highest BCUT2D eigenvalue weighted by atomic mass is 16.2. The van der Waals surface area contributed by atoms with Crippen molar-refractivity contribution in [3.8, 4) is 17.3 Å². The number of carbonyl (C=O) groups is 2. The first kappa shape index (κ1) is 20.7. The number of piperidine rings is 1. The van der Waals surface area contributed by atoms with Gasteiger partial charge in [-0.25, -0.2) is 9.97 Å². The Hall–Kier alpha value is -3.93. The van der Waals surface area contributed by atoms with Crippen molar-refractivity contribution in [3.05, 3.63) is 42.2 Å². The summed E-state index contributed by atoms with van der Waals surface area (Å²) in [4.78, 5) is 41.7. The van der Waals surface area contributed by atoms with E-state index in [1.54, 1.807) is 24.2 Å². The van der Waals surface area contributed by atoms with Crippen LogP contribution in [0.3, 0.4) is 0 Å². The van der Waals surface area contributed by atoms with Crippen LogP contribution in [0.4, 0.5) is 5.69 Å². The number of fused-ring (bicyclic) bond motifs is 2. The van der Waals surface area contributed by atoms with Crippen molar-refractivity contribution in [1.82, 2.24) is 25.2 Å². The van der Waals surface area contributed by atoms with Gasteiger partial charge in [-0.05, 0) is 37.3 Å². The lowest BCUT2D eigenvalue weighted by Gasteiger charge is -2.37. The summed E-state index contributed by atoms with van der Waals surface area (Å²) in [6.45, 7) is 4.71. The van der Waals surface area contributed by atoms with E-state index in [1.165, 1.54) is 12.1 Å². The maximum Gasteiger partial charge on any atom is 0.255 e. The van der Waals surface area contributed by atoms with Crippen LogP contribution < -0.4 is 10.2 Å². The number of nitriles is 1. The molecule has 2 aromatic heterocycles. The first-order chi connectivity index (χ1) is 16.5. The number of aromatic amines is 1. The molecule has 2 saturated heterocycles. The molecule has 172 valence electrons. The van der Waals surface area contributed by atoms with Crippen molar-refractivity contribution in [2.75, 3.05) is 31.1 Å². The van der Waals surface area contributed by atoms with Gasteiger partial charge in [-0.1, -0.05) is 12.1 Å². The molecule has 9 nitrogen and oxygen atoms in total. The van der Waals surface area contributed by atoms with E-state index in [0.717, 1.165) is 30.5 Å². The van der Waals surface area contributed by atoms with E-state index in [-0.39, 0.29) is 17.7 Å². The predicted molar refractivity (Wildman–Crippen MR) is 126 cm³/mol. The normalized spacial score (nSPS) is 22.1. The largest absolute Gasteiger partial charge is 0.371 e. The minimum atomic E-state index is -0.698. The molecule has 3 aliphatic rings. The molecule has 0 radical (unpaired) electrons. The van der Waals surface area contributed by atoms with Gasteiger partial charge in [0.1, 0.15) is 11.6 Å². The Labute approximate surface area is 196 Å². The van der Waals surface area contributed by atoms with Crippen LogP contribution in [0.15, 0.2) is 36.7 Å². The van der Waals surface area contributed by atoms with E-state index in [0.29, 0.717) is 35.5 Å². The highest BCUT2D eigenvalue weighted by molar-refractivity contribution is 6.06. The topological polar surface area (TPSA) is 118 Å². The number of nitrogens with zero attached hydrogens (tertiary/aromatic N) is 5. The van der Waals surface area contributed by atoms with E-state index < -0.39 is 6.04 Å². The Morgan fingerprint density at radius 3 is 2.79 bits per heavy atom. The van der Waals surface area contributed by atoms with Crippen molar-refractivity contribution in [3.63, 3.8) is 0 Å². The molecule has 0 spiro atoms. The second-order valence-electron chi connectivity index (χ2n) is 9.63. The van der Waals surface area contributed by atoms with Crippen molar-refractivity contribution in [2.24, 2.45) is 17.8 Å². The highest BCUT2D eigenvalue weighted by Crippen LogP contribution is 2.46. The molecule has 1 saturated carbocycles. The summed E-state index contributed by atoms with van der Waals surface area (Å²) in [5, 5.41) is 11.7. The minimum absolute atomic E-state index is 0.121. The number of amides is 2. The van der Waals surface area contributed by atoms with E-state index in [9.17, 15) is 9.59 Å². The second kappa shape index (κ2) is 7.83. The van der Waals surface area contributed by atoms with Crippen LogP contribution in [0, 0.1) is 29.1 Å². The number of benzene rings is 1. The number of anilines is 1. The number of carbonyl (C=O) groups excluding carboxylic acids is 2. The first-order valence-electron chi connectivity index (χ1n) is 11.7. The van der Waals surface area contributed by atoms with Gasteiger partial charge in [-0.2, -0.15) is 5.26 Å². The zero-order valence-corrected chi connectivity index (χ0v) is 18.9. The minimum Gasteiger partial charge on any atom is -0.371 e. The summed E-state index contributed by atoms with van der Waals surface area (Å²) in [6, 6.07) is 9.75. The second-order valence-corrected chi connectivity index (χ2v) is 9.63. The SMILES string of the molecule is C[C@H](NC(=O)c1c[nH]c2ncc(-c3cccc(N4CC5C[C@H]5C4)c3)nc12)C(=O)N1CC(C#N)C1. The molecule has 6 rings (SSSR count). The lowest BCUT2D eigenvalue weighted by atomic mass is 10.0. The number of nitrogens with one attached hydrogen (secondary N) is 2. The Morgan fingerprint density at radius 1 is 1.24 bits per heavy atom. The predicted octanol–water partition coefficient (Wildman–Crippen LogP) is 2.18. The van der Waals surface area contributed by atoms with Gasteiger partial charge in [0.2, 0.25) is 5.91 Å². The molecule has 3 fully saturated rings. The van der Waals surface area contributed by atoms with Gasteiger partial charge in [0.05, 0.1) is 29.4 Å². The molecule has 2 amide bonds. The Morgan fingerprint density at radius 2 is 2.03 bits per heavy atom. The number of rotatable bonds is 5. The van der Waals surface area contributed by atoms with Gasteiger partial charge in [0, 0.05) is 43.6 Å². The van der Waals surface area contributed by atoms with Crippen LogP contribution in [0.1, 0.15) is 23.7 Å². The summed E-state index contributed by atoms with van der Waals surface area (Å²) in [5.74, 6) is 1.00. The van der Waals surface area contributed by atoms with E-state index in [2.05, 4.69) is 38.4 Å². The molecule has 1 aliphatic carbocycles. The molecule has 3 atom stereocenters. The average Bonchev–Trinajstić information content (AvgIpc) is 3.22. The van der Waals surface area contributed by atoms with Gasteiger partial charge in [0.15, 0.2) is 5.65 Å². The van der Waals surface area contributed by atoms with Gasteiger partial charge in [-0.15, -0.1) is 0 Å². The molecule has 2 N–H and O–H groups in total. The zero-order chi connectivity index (χ0) is 23.4. The molecular weight excluding hydrogens is 430 g/mol. The van der Waals surface area contributed by atoms with Crippen LogP contribution in [0.5, 0.6) is 0 Å². The standard InChI is InChI=1S/C25H25N7O2/c1-14(25(34)32-10-15(7-26)11-32)29-24(33)20-8-27-23-22(20)30-21(9-28-23)16-3-2-4-19(6-16)31-12-17-5-18(17)13-31/h2-4,6,8-9,14-15,17-18H,5,10-13H2,1H3,(H,27,28)(H,29,33)/t14-,17-,18?/m0/s1. The first-order valence-corrected chi connectivity index (χ1v) is 11.7. The zero-order valence-electron chi connectivity index (χ0n) is 18.9. The van der Waals surface area contributed by atoms with Crippen molar-refractivity contribution in [2.45, 2.75) is 19.4 Å². The van der Waals surface area contributed by atoms with E-state index in [1.807, 2.05) is 12.1 Å². The Balaban J connectivity index is 1.21. The molecular formula is C25H25N7O2. The van der Waals surface area contributed by atoms with Crippen LogP contribution in [0.2, 0.25) is 0 Å². The molecule has 2 aliphatic heterocycles. The fraction of sp³-hybridized carbons (Fsp3) is 0.400. The van der Waals surface area contributed by atoms with E-state index >= 15 is 0 Å². The smallest absolute Gasteiger partial charge is 0.255 e. The number of hydrogen-bond acceptors (Lipinski definition) is 6. The lowest BCUT2D eigenvalue weighted by Crippen LogP contribution is -2.55. The van der Waals surface area contributed by atoms with Crippen LogP contribution in [-0.4, -0.2) is 63.9 Å². The third kappa shape index (κ3) is 3.55. The fourth-order valence-electron chi connectivity index (χ4n) is 5.02. The Kier molecular flexibility index (Phi) is 4.76. The maximum absolute atomic E-state index is 13.0. The summed E-state index contributed by atoms with van der Waals surface area (Å²) in [5.41, 5.74) is 4.17. The highest BCUT2D eigenvalue weighted by Gasteiger charge is 2.45. The van der Waals surface area contributed by atoms with Gasteiger partial charge < -0.3 is 20.1 Å². The van der Waals surface area contributed by atoms with Crippen molar-refractivity contribution >= 4 is 28.7 Å². The molecule has 9 heteroatoms. The molecule has 0 bridgehead atoms. The van der Waals surface area contributed by atoms with Gasteiger partial charge in [-0.3, -0.25) is 9.59 Å². The quantitative estimate of drug-likeness (QED) is 0.609. The number of hydrogen-bond donors (Lipinski definition) is 2. The summed E-state index contributed by atoms with van der Waals surface area (Å²) in [7, 11) is 0. The van der Waals surface area contributed by atoms with Crippen molar-refractivity contribution < 1.29 is 9.59 Å². The van der Waals surface area contributed by atoms with Gasteiger partial charge in [0.25, 0.3) is 5.91 Å². The fourth-order valence-corrected chi connectivity index (χ4v) is 5.02. The lowest BCUT2D eigenvalue weighted by molar-refractivity contribution is -0.137. The van der Waals surface area contributed by atoms with Crippen LogP contribution in [0.25, 0.3) is 22.4 Å². The monoisotopic (exact) mass is 455 g/mol. The summed E-state index contributed by atoms with van der Waals surface area (Å²) >= 11 is 0. The van der Waals surface area contributed by atoms with E-state index in [4.69, 9.17) is 10.2 Å². The molecule has 34 heavy (non-hydrogen) atoms. The Bertz CT molecular complexity index is 1330. The molecule has 1 unspecified atom stereocenters. The average molecular weight is 456 g/mol. The molecule has 3 aromatic rings. The van der Waals surface area contributed by atoms with Crippen molar-refractivity contribution in [1.29, 1.82) is 5.26 Å². The number of aromatic nitrogens is 3. The number of H-pyrrole nitrogens is 1. The summed E-state index contributed by atoms with van der Waals surface area (Å²) in [6.07, 6.45) is 4.64. The third-order valence-corrected chi connectivity index (χ3v) is 7.21. The summed E-state index contributed by atoms with van der Waals surface area (Å²) < 4.78 is 0.